The minimum Gasteiger partial charge on any atom is -0.466 e. The Balaban J connectivity index is 2.09. The maximum absolute atomic E-state index is 11.0. The van der Waals surface area contributed by atoms with Crippen LogP contribution in [0, 0.1) is 0 Å². The van der Waals surface area contributed by atoms with Crippen LogP contribution in [0.4, 0.5) is 0 Å². The second-order valence-electron chi connectivity index (χ2n) is 2.94. The molecule has 4 nitrogen and oxygen atoms in total. The predicted molar refractivity (Wildman–Crippen MR) is 59.4 cm³/mol. The molecule has 5 heteroatoms. The summed E-state index contributed by atoms with van der Waals surface area (Å²) < 4.78 is 10.8. The van der Waals surface area contributed by atoms with Crippen LogP contribution < -0.4 is 5.32 Å². The zero-order valence-corrected chi connectivity index (χ0v) is 10.2. The van der Waals surface area contributed by atoms with Crippen molar-refractivity contribution in [3.05, 3.63) is 22.6 Å². The fourth-order valence-corrected chi connectivity index (χ4v) is 1.42. The van der Waals surface area contributed by atoms with E-state index in [1.54, 1.807) is 6.92 Å². The molecule has 0 saturated carbocycles. The topological polar surface area (TPSA) is 51.5 Å². The lowest BCUT2D eigenvalue weighted by molar-refractivity contribution is -0.142. The molecule has 1 rings (SSSR count). The molecule has 15 heavy (non-hydrogen) atoms. The van der Waals surface area contributed by atoms with Crippen molar-refractivity contribution in [1.82, 2.24) is 5.32 Å². The highest BCUT2D eigenvalue weighted by Gasteiger charge is 2.02. The van der Waals surface area contributed by atoms with Crippen LogP contribution in [-0.2, 0) is 16.1 Å². The predicted octanol–water partition coefficient (Wildman–Crippen LogP) is 2.08. The first-order valence-corrected chi connectivity index (χ1v) is 5.62. The Morgan fingerprint density at radius 2 is 2.40 bits per heavy atom. The van der Waals surface area contributed by atoms with Gasteiger partial charge in [-0.25, -0.2) is 0 Å². The number of esters is 1. The van der Waals surface area contributed by atoms with E-state index in [0.29, 0.717) is 30.8 Å². The van der Waals surface area contributed by atoms with E-state index < -0.39 is 0 Å². The minimum absolute atomic E-state index is 0.175. The minimum atomic E-state index is -0.175. The molecule has 0 atom stereocenters. The maximum atomic E-state index is 11.0. The summed E-state index contributed by atoms with van der Waals surface area (Å²) in [5.41, 5.74) is 0. The van der Waals surface area contributed by atoms with Crippen molar-refractivity contribution in [2.45, 2.75) is 19.9 Å². The molecule has 0 fully saturated rings. The number of carbonyl (C=O) groups is 1. The number of ether oxygens (including phenoxy) is 1. The first-order valence-electron chi connectivity index (χ1n) is 4.83. The summed E-state index contributed by atoms with van der Waals surface area (Å²) in [4.78, 5) is 11.0. The fourth-order valence-electron chi connectivity index (χ4n) is 1.08. The van der Waals surface area contributed by atoms with Gasteiger partial charge in [0.1, 0.15) is 5.76 Å². The van der Waals surface area contributed by atoms with Gasteiger partial charge < -0.3 is 14.5 Å². The molecule has 0 aliphatic carbocycles. The lowest BCUT2D eigenvalue weighted by Crippen LogP contribution is -2.18. The molecule has 1 heterocycles. The molecule has 0 bridgehead atoms. The summed E-state index contributed by atoms with van der Waals surface area (Å²) in [6, 6.07) is 3.71. The van der Waals surface area contributed by atoms with Crippen LogP contribution in [0.5, 0.6) is 0 Å². The van der Waals surface area contributed by atoms with Gasteiger partial charge in [0.2, 0.25) is 0 Å². The molecule has 1 aromatic rings. The van der Waals surface area contributed by atoms with E-state index >= 15 is 0 Å². The maximum Gasteiger partial charge on any atom is 0.307 e. The number of halogens is 1. The lowest BCUT2D eigenvalue weighted by atomic mass is 10.4. The average molecular weight is 276 g/mol. The molecule has 0 saturated heterocycles. The van der Waals surface area contributed by atoms with Gasteiger partial charge in [-0.3, -0.25) is 4.79 Å². The van der Waals surface area contributed by atoms with Gasteiger partial charge in [-0.15, -0.1) is 0 Å². The zero-order chi connectivity index (χ0) is 11.1. The van der Waals surface area contributed by atoms with E-state index in [1.807, 2.05) is 12.1 Å². The zero-order valence-electron chi connectivity index (χ0n) is 8.59. The Bertz CT molecular complexity index is 311. The molecule has 0 aliphatic heterocycles. The Morgan fingerprint density at radius 1 is 1.60 bits per heavy atom. The van der Waals surface area contributed by atoms with Crippen molar-refractivity contribution < 1.29 is 13.9 Å². The van der Waals surface area contributed by atoms with Gasteiger partial charge in [0.25, 0.3) is 0 Å². The van der Waals surface area contributed by atoms with Crippen LogP contribution in [0.2, 0.25) is 0 Å². The van der Waals surface area contributed by atoms with Crippen LogP contribution in [0.15, 0.2) is 21.2 Å². The molecule has 0 aliphatic rings. The van der Waals surface area contributed by atoms with Crippen LogP contribution in [0.3, 0.4) is 0 Å². The highest BCUT2D eigenvalue weighted by Crippen LogP contribution is 2.13. The van der Waals surface area contributed by atoms with Crippen molar-refractivity contribution in [1.29, 1.82) is 0 Å². The summed E-state index contributed by atoms with van der Waals surface area (Å²) in [5.74, 6) is 0.663. The second-order valence-corrected chi connectivity index (χ2v) is 3.72. The first-order chi connectivity index (χ1) is 7.22. The third-order valence-corrected chi connectivity index (χ3v) is 2.17. The van der Waals surface area contributed by atoms with Gasteiger partial charge in [0.15, 0.2) is 4.67 Å². The van der Waals surface area contributed by atoms with Crippen molar-refractivity contribution in [2.24, 2.45) is 0 Å². The van der Waals surface area contributed by atoms with Crippen LogP contribution in [0.1, 0.15) is 19.1 Å². The summed E-state index contributed by atoms with van der Waals surface area (Å²) in [5, 5.41) is 3.09. The van der Waals surface area contributed by atoms with E-state index in [-0.39, 0.29) is 5.97 Å². The highest BCUT2D eigenvalue weighted by atomic mass is 79.9. The monoisotopic (exact) mass is 275 g/mol. The van der Waals surface area contributed by atoms with E-state index in [0.717, 1.165) is 5.76 Å². The van der Waals surface area contributed by atoms with Gasteiger partial charge in [-0.2, -0.15) is 0 Å². The molecule has 1 aromatic heterocycles. The molecule has 84 valence electrons. The molecule has 0 aromatic carbocycles. The SMILES string of the molecule is CCOC(=O)CCNCc1ccc(Br)o1. The molecule has 1 N–H and O–H groups in total. The number of hydrogen-bond acceptors (Lipinski definition) is 4. The summed E-state index contributed by atoms with van der Waals surface area (Å²) in [7, 11) is 0. The second kappa shape index (κ2) is 6.63. The number of carbonyl (C=O) groups excluding carboxylic acids is 1. The van der Waals surface area contributed by atoms with Crippen molar-refractivity contribution in [2.75, 3.05) is 13.2 Å². The average Bonchev–Trinajstić information content (AvgIpc) is 2.60. The Hall–Kier alpha value is -0.810. The number of rotatable bonds is 6. The van der Waals surface area contributed by atoms with Gasteiger partial charge in [0.05, 0.1) is 19.6 Å². The fraction of sp³-hybridized carbons (Fsp3) is 0.500. The van der Waals surface area contributed by atoms with Gasteiger partial charge >= 0.3 is 5.97 Å². The quantitative estimate of drug-likeness (QED) is 0.638. The third kappa shape index (κ3) is 4.99. The number of furan rings is 1. The lowest BCUT2D eigenvalue weighted by Gasteiger charge is -2.02. The summed E-state index contributed by atoms with van der Waals surface area (Å²) >= 11 is 3.22. The van der Waals surface area contributed by atoms with Crippen molar-refractivity contribution in [3.63, 3.8) is 0 Å². The van der Waals surface area contributed by atoms with E-state index in [1.165, 1.54) is 0 Å². The Kier molecular flexibility index (Phi) is 5.42. The summed E-state index contributed by atoms with van der Waals surface area (Å²) in [6.07, 6.45) is 0.385. The van der Waals surface area contributed by atoms with Crippen molar-refractivity contribution in [3.8, 4) is 0 Å². The van der Waals surface area contributed by atoms with Crippen LogP contribution in [0.25, 0.3) is 0 Å². The molecule has 0 radical (unpaired) electrons. The Morgan fingerprint density at radius 3 is 3.00 bits per heavy atom. The van der Waals surface area contributed by atoms with Gasteiger partial charge in [-0.05, 0) is 35.0 Å². The molecule has 0 spiro atoms. The normalized spacial score (nSPS) is 10.3. The van der Waals surface area contributed by atoms with E-state index in [4.69, 9.17) is 9.15 Å². The summed E-state index contributed by atoms with van der Waals surface area (Å²) in [6.45, 7) is 3.44. The van der Waals surface area contributed by atoms with E-state index in [2.05, 4.69) is 21.2 Å². The highest BCUT2D eigenvalue weighted by molar-refractivity contribution is 9.10. The number of hydrogen-bond donors (Lipinski definition) is 1. The standard InChI is InChI=1S/C10H14BrNO3/c1-2-14-10(13)5-6-12-7-8-3-4-9(11)15-8/h3-4,12H,2,5-7H2,1H3. The molecule has 0 unspecified atom stereocenters. The number of nitrogens with one attached hydrogen (secondary N) is 1. The third-order valence-electron chi connectivity index (χ3n) is 1.74. The largest absolute Gasteiger partial charge is 0.466 e. The Labute approximate surface area is 97.1 Å². The van der Waals surface area contributed by atoms with E-state index in [9.17, 15) is 4.79 Å². The van der Waals surface area contributed by atoms with Crippen molar-refractivity contribution >= 4 is 21.9 Å². The van der Waals surface area contributed by atoms with Crippen LogP contribution in [-0.4, -0.2) is 19.1 Å². The molecular formula is C10H14BrNO3. The molecular weight excluding hydrogens is 262 g/mol. The van der Waals surface area contributed by atoms with Gasteiger partial charge in [-0.1, -0.05) is 0 Å². The smallest absolute Gasteiger partial charge is 0.307 e. The first kappa shape index (κ1) is 12.3. The molecule has 0 amide bonds. The van der Waals surface area contributed by atoms with Gasteiger partial charge in [0, 0.05) is 6.54 Å². The van der Waals surface area contributed by atoms with Crippen LogP contribution >= 0.6 is 15.9 Å².